The van der Waals surface area contributed by atoms with Crippen molar-refractivity contribution >= 4 is 17.5 Å². The van der Waals surface area contributed by atoms with E-state index in [-0.39, 0.29) is 18.0 Å². The molecule has 2 rings (SSSR count). The van der Waals surface area contributed by atoms with E-state index in [0.717, 1.165) is 38.7 Å². The summed E-state index contributed by atoms with van der Waals surface area (Å²) in [6.45, 7) is 3.75. The first-order valence-electron chi connectivity index (χ1n) is 6.88. The Bertz CT molecular complexity index is 528. The van der Waals surface area contributed by atoms with E-state index in [4.69, 9.17) is 5.73 Å². The highest BCUT2D eigenvalue weighted by atomic mass is 19.1. The van der Waals surface area contributed by atoms with Crippen LogP contribution in [0.5, 0.6) is 0 Å². The number of nitrogens with one attached hydrogen (secondary N) is 2. The monoisotopic (exact) mass is 294 g/mol. The number of hydrogen-bond donors (Lipinski definition) is 3. The fraction of sp³-hybridized carbons (Fsp3) is 0.429. The lowest BCUT2D eigenvalue weighted by Gasteiger charge is -2.18. The molecule has 4 N–H and O–H groups in total. The van der Waals surface area contributed by atoms with Crippen LogP contribution in [0.15, 0.2) is 18.2 Å². The van der Waals surface area contributed by atoms with Crippen molar-refractivity contribution in [3.05, 3.63) is 29.6 Å². The van der Waals surface area contributed by atoms with E-state index in [1.165, 1.54) is 12.1 Å². The van der Waals surface area contributed by atoms with Gasteiger partial charge in [-0.3, -0.25) is 14.5 Å². The van der Waals surface area contributed by atoms with Gasteiger partial charge in [0.15, 0.2) is 0 Å². The molecule has 0 unspecified atom stereocenters. The fourth-order valence-corrected chi connectivity index (χ4v) is 2.26. The molecule has 1 aliphatic heterocycles. The van der Waals surface area contributed by atoms with Crippen molar-refractivity contribution in [2.45, 2.75) is 6.42 Å². The molecule has 0 aromatic heterocycles. The number of anilines is 1. The van der Waals surface area contributed by atoms with Crippen LogP contribution < -0.4 is 16.4 Å². The van der Waals surface area contributed by atoms with Gasteiger partial charge in [0.1, 0.15) is 5.82 Å². The summed E-state index contributed by atoms with van der Waals surface area (Å²) in [5.41, 5.74) is 5.21. The van der Waals surface area contributed by atoms with Gasteiger partial charge >= 0.3 is 0 Å². The average Bonchev–Trinajstić information content (AvgIpc) is 2.69. The molecule has 1 heterocycles. The van der Waals surface area contributed by atoms with Gasteiger partial charge in [-0.1, -0.05) is 0 Å². The maximum atomic E-state index is 13.3. The molecule has 0 aliphatic carbocycles. The van der Waals surface area contributed by atoms with Crippen molar-refractivity contribution in [1.82, 2.24) is 10.2 Å². The number of nitrogens with two attached hydrogens (primary N) is 1. The second-order valence-corrected chi connectivity index (χ2v) is 4.99. The van der Waals surface area contributed by atoms with Gasteiger partial charge < -0.3 is 16.4 Å². The van der Waals surface area contributed by atoms with Gasteiger partial charge in [0.05, 0.1) is 12.1 Å². The summed E-state index contributed by atoms with van der Waals surface area (Å²) >= 11 is 0. The Balaban J connectivity index is 1.95. The second-order valence-electron chi connectivity index (χ2n) is 4.99. The Morgan fingerprint density at radius 3 is 2.90 bits per heavy atom. The van der Waals surface area contributed by atoms with E-state index >= 15 is 0 Å². The number of primary amides is 1. The third kappa shape index (κ3) is 4.51. The zero-order chi connectivity index (χ0) is 15.2. The summed E-state index contributed by atoms with van der Waals surface area (Å²) < 4.78 is 13.3. The highest BCUT2D eigenvalue weighted by molar-refractivity contribution is 5.97. The van der Waals surface area contributed by atoms with E-state index in [1.54, 1.807) is 0 Å². The van der Waals surface area contributed by atoms with E-state index in [2.05, 4.69) is 10.6 Å². The van der Waals surface area contributed by atoms with Gasteiger partial charge in [-0.25, -0.2) is 4.39 Å². The van der Waals surface area contributed by atoms with E-state index in [9.17, 15) is 14.0 Å². The summed E-state index contributed by atoms with van der Waals surface area (Å²) in [7, 11) is 0. The molecule has 0 atom stereocenters. The molecule has 1 aliphatic rings. The summed E-state index contributed by atoms with van der Waals surface area (Å²) in [6, 6.07) is 3.77. The summed E-state index contributed by atoms with van der Waals surface area (Å²) in [5, 5.41) is 5.92. The van der Waals surface area contributed by atoms with Gasteiger partial charge in [-0.05, 0) is 37.7 Å². The maximum Gasteiger partial charge on any atom is 0.251 e. The van der Waals surface area contributed by atoms with Crippen LogP contribution in [-0.4, -0.2) is 49.4 Å². The van der Waals surface area contributed by atoms with Crippen LogP contribution in [0.25, 0.3) is 0 Å². The highest BCUT2D eigenvalue weighted by Gasteiger charge is 2.14. The highest BCUT2D eigenvalue weighted by Crippen LogP contribution is 2.14. The Morgan fingerprint density at radius 1 is 1.33 bits per heavy atom. The minimum absolute atomic E-state index is 0.195. The SMILES string of the molecule is NC(=O)c1cc(NC(=O)CN2CCCNCC2)ccc1F. The van der Waals surface area contributed by atoms with Crippen molar-refractivity contribution in [1.29, 1.82) is 0 Å². The first-order chi connectivity index (χ1) is 10.1. The Labute approximate surface area is 122 Å². The molecule has 1 fully saturated rings. The first kappa shape index (κ1) is 15.4. The Hall–Kier alpha value is -1.99. The van der Waals surface area contributed by atoms with Crippen LogP contribution in [0.4, 0.5) is 10.1 Å². The molecule has 1 aromatic rings. The van der Waals surface area contributed by atoms with Crippen LogP contribution in [-0.2, 0) is 4.79 Å². The minimum Gasteiger partial charge on any atom is -0.366 e. The minimum atomic E-state index is -0.859. The van der Waals surface area contributed by atoms with Crippen LogP contribution in [0.3, 0.4) is 0 Å². The van der Waals surface area contributed by atoms with Gasteiger partial charge in [0.2, 0.25) is 5.91 Å². The molecule has 1 saturated heterocycles. The summed E-state index contributed by atoms with van der Waals surface area (Å²) in [5.74, 6) is -1.75. The molecule has 114 valence electrons. The molecular formula is C14H19FN4O2. The van der Waals surface area contributed by atoms with Crippen LogP contribution in [0.2, 0.25) is 0 Å². The predicted molar refractivity (Wildman–Crippen MR) is 77.5 cm³/mol. The third-order valence-electron chi connectivity index (χ3n) is 3.32. The molecule has 0 bridgehead atoms. The number of carbonyl (C=O) groups is 2. The number of nitrogens with zero attached hydrogens (tertiary/aromatic N) is 1. The molecule has 0 saturated carbocycles. The summed E-state index contributed by atoms with van der Waals surface area (Å²) in [6.07, 6.45) is 0.996. The molecule has 0 spiro atoms. The van der Waals surface area contributed by atoms with Gasteiger partial charge in [0, 0.05) is 18.8 Å². The molecule has 2 amide bonds. The van der Waals surface area contributed by atoms with Crippen molar-refractivity contribution in [2.75, 3.05) is 38.0 Å². The lowest BCUT2D eigenvalue weighted by molar-refractivity contribution is -0.117. The van der Waals surface area contributed by atoms with Crippen molar-refractivity contribution in [3.8, 4) is 0 Å². The molecule has 6 nitrogen and oxygen atoms in total. The zero-order valence-electron chi connectivity index (χ0n) is 11.7. The normalized spacial score (nSPS) is 16.2. The zero-order valence-corrected chi connectivity index (χ0v) is 11.7. The van der Waals surface area contributed by atoms with Crippen LogP contribution >= 0.6 is 0 Å². The Kier molecular flexibility index (Phi) is 5.24. The first-order valence-corrected chi connectivity index (χ1v) is 6.88. The molecule has 7 heteroatoms. The maximum absolute atomic E-state index is 13.3. The van der Waals surface area contributed by atoms with E-state index in [0.29, 0.717) is 5.69 Å². The number of benzene rings is 1. The average molecular weight is 294 g/mol. The van der Waals surface area contributed by atoms with E-state index in [1.807, 2.05) is 4.90 Å². The lowest BCUT2D eigenvalue weighted by Crippen LogP contribution is -2.35. The number of halogens is 1. The van der Waals surface area contributed by atoms with Crippen molar-refractivity contribution in [3.63, 3.8) is 0 Å². The molecule has 0 radical (unpaired) electrons. The number of carbonyl (C=O) groups excluding carboxylic acids is 2. The largest absolute Gasteiger partial charge is 0.366 e. The topological polar surface area (TPSA) is 87.5 Å². The number of rotatable bonds is 4. The third-order valence-corrected chi connectivity index (χ3v) is 3.32. The smallest absolute Gasteiger partial charge is 0.251 e. The fourth-order valence-electron chi connectivity index (χ4n) is 2.26. The van der Waals surface area contributed by atoms with Crippen LogP contribution in [0, 0.1) is 5.82 Å². The number of hydrogen-bond acceptors (Lipinski definition) is 4. The number of amides is 2. The second kappa shape index (κ2) is 7.14. The predicted octanol–water partition coefficient (Wildman–Crippen LogP) is 0.158. The lowest BCUT2D eigenvalue weighted by atomic mass is 10.2. The summed E-state index contributed by atoms with van der Waals surface area (Å²) in [4.78, 5) is 25.1. The van der Waals surface area contributed by atoms with Crippen molar-refractivity contribution < 1.29 is 14.0 Å². The standard InChI is InChI=1S/C14H19FN4O2/c15-12-3-2-10(8-11(12)14(16)21)18-13(20)9-19-6-1-4-17-5-7-19/h2-3,8,17H,1,4-7,9H2,(H2,16,21)(H,18,20). The van der Waals surface area contributed by atoms with Gasteiger partial charge in [0.25, 0.3) is 5.91 Å². The van der Waals surface area contributed by atoms with Crippen molar-refractivity contribution in [2.24, 2.45) is 5.73 Å². The quantitative estimate of drug-likeness (QED) is 0.738. The van der Waals surface area contributed by atoms with Crippen LogP contribution in [0.1, 0.15) is 16.8 Å². The molecular weight excluding hydrogens is 275 g/mol. The van der Waals surface area contributed by atoms with Gasteiger partial charge in [-0.2, -0.15) is 0 Å². The molecule has 1 aromatic carbocycles. The van der Waals surface area contributed by atoms with Gasteiger partial charge in [-0.15, -0.1) is 0 Å². The van der Waals surface area contributed by atoms with E-state index < -0.39 is 11.7 Å². The molecule has 21 heavy (non-hydrogen) atoms. The Morgan fingerprint density at radius 2 is 2.14 bits per heavy atom.